The van der Waals surface area contributed by atoms with E-state index < -0.39 is 4.92 Å². The van der Waals surface area contributed by atoms with Gasteiger partial charge in [-0.3, -0.25) is 19.6 Å². The molecule has 0 radical (unpaired) electrons. The minimum atomic E-state index is -0.523. The van der Waals surface area contributed by atoms with Crippen molar-refractivity contribution in [1.82, 2.24) is 14.8 Å². The molecule has 3 aromatic heterocycles. The Labute approximate surface area is 138 Å². The molecule has 0 aromatic carbocycles. The number of nitro groups is 1. The van der Waals surface area contributed by atoms with E-state index in [4.69, 9.17) is 0 Å². The maximum Gasteiger partial charge on any atom is 0.306 e. The zero-order chi connectivity index (χ0) is 16.2. The Kier molecular flexibility index (Phi) is 4.44. The quantitative estimate of drug-likeness (QED) is 0.544. The molecule has 0 unspecified atom stereocenters. The summed E-state index contributed by atoms with van der Waals surface area (Å²) >= 11 is 2.94. The molecule has 118 valence electrons. The molecule has 0 spiro atoms. The van der Waals surface area contributed by atoms with E-state index >= 15 is 0 Å². The molecule has 1 amide bonds. The molecule has 0 aliphatic carbocycles. The lowest BCUT2D eigenvalue weighted by Gasteiger charge is -2.01. The molecular weight excluding hydrogens is 338 g/mol. The van der Waals surface area contributed by atoms with Gasteiger partial charge in [-0.1, -0.05) is 6.07 Å². The molecule has 0 fully saturated rings. The molecule has 0 saturated heterocycles. The van der Waals surface area contributed by atoms with Crippen LogP contribution in [0.15, 0.2) is 35.3 Å². The van der Waals surface area contributed by atoms with Crippen LogP contribution >= 0.6 is 22.7 Å². The van der Waals surface area contributed by atoms with Crippen LogP contribution in [0.4, 0.5) is 10.8 Å². The zero-order valence-corrected chi connectivity index (χ0v) is 13.3. The van der Waals surface area contributed by atoms with Gasteiger partial charge in [0.15, 0.2) is 5.13 Å². The summed E-state index contributed by atoms with van der Waals surface area (Å²) < 4.78 is 1.37. The van der Waals surface area contributed by atoms with Crippen molar-refractivity contribution in [2.75, 3.05) is 5.32 Å². The standard InChI is InChI=1S/C13H11N5O3S2/c19-12(3-4-17-7-9(6-14-17)18(20)21)16-13-15-10(8-23-13)11-2-1-5-22-11/h1-2,5-8H,3-4H2,(H,15,16,19). The van der Waals surface area contributed by atoms with E-state index in [1.807, 2.05) is 22.9 Å². The van der Waals surface area contributed by atoms with Gasteiger partial charge in [0, 0.05) is 18.3 Å². The van der Waals surface area contributed by atoms with Crippen molar-refractivity contribution in [3.05, 3.63) is 45.4 Å². The van der Waals surface area contributed by atoms with Gasteiger partial charge in [-0.25, -0.2) is 4.98 Å². The topological polar surface area (TPSA) is 103 Å². The van der Waals surface area contributed by atoms with E-state index in [0.717, 1.165) is 16.8 Å². The average molecular weight is 349 g/mol. The van der Waals surface area contributed by atoms with Crippen LogP contribution in [0.3, 0.4) is 0 Å². The van der Waals surface area contributed by atoms with Crippen molar-refractivity contribution >= 4 is 39.4 Å². The Morgan fingerprint density at radius 1 is 1.43 bits per heavy atom. The van der Waals surface area contributed by atoms with E-state index in [1.54, 1.807) is 11.3 Å². The van der Waals surface area contributed by atoms with Gasteiger partial charge in [-0.2, -0.15) is 5.10 Å². The van der Waals surface area contributed by atoms with Crippen LogP contribution in [0.25, 0.3) is 10.6 Å². The zero-order valence-electron chi connectivity index (χ0n) is 11.7. The summed E-state index contributed by atoms with van der Waals surface area (Å²) in [5.74, 6) is -0.213. The number of anilines is 1. The SMILES string of the molecule is O=C(CCn1cc([N+](=O)[O-])cn1)Nc1nc(-c2cccs2)cs1. The van der Waals surface area contributed by atoms with Crippen molar-refractivity contribution in [2.45, 2.75) is 13.0 Å². The van der Waals surface area contributed by atoms with E-state index in [-0.39, 0.29) is 24.6 Å². The number of nitrogens with one attached hydrogen (secondary N) is 1. The minimum absolute atomic E-state index is 0.0917. The molecule has 0 aliphatic heterocycles. The molecule has 1 N–H and O–H groups in total. The average Bonchev–Trinajstić information content (AvgIpc) is 3.25. The highest BCUT2D eigenvalue weighted by Gasteiger charge is 2.11. The van der Waals surface area contributed by atoms with Gasteiger partial charge in [0.1, 0.15) is 12.4 Å². The number of aromatic nitrogens is 3. The molecule has 0 atom stereocenters. The molecule has 0 saturated carbocycles. The second-order valence-electron chi connectivity index (χ2n) is 4.53. The fourth-order valence-corrected chi connectivity index (χ4v) is 3.32. The summed E-state index contributed by atoms with van der Waals surface area (Å²) in [5.41, 5.74) is 0.744. The molecule has 3 aromatic rings. The fraction of sp³-hybridized carbons (Fsp3) is 0.154. The summed E-state index contributed by atoms with van der Waals surface area (Å²) in [6.07, 6.45) is 2.62. The molecule has 8 nitrogen and oxygen atoms in total. The summed E-state index contributed by atoms with van der Waals surface area (Å²) in [4.78, 5) is 27.4. The number of aryl methyl sites for hydroxylation is 1. The predicted octanol–water partition coefficient (Wildman–Crippen LogP) is 3.01. The maximum absolute atomic E-state index is 11.9. The lowest BCUT2D eigenvalue weighted by atomic mass is 10.4. The molecule has 3 heterocycles. The summed E-state index contributed by atoms with van der Waals surface area (Å²) in [5, 5.41) is 21.5. The van der Waals surface area contributed by atoms with E-state index in [0.29, 0.717) is 5.13 Å². The van der Waals surface area contributed by atoms with Crippen molar-refractivity contribution in [1.29, 1.82) is 0 Å². The number of amides is 1. The van der Waals surface area contributed by atoms with Gasteiger partial charge in [0.2, 0.25) is 5.91 Å². The van der Waals surface area contributed by atoms with Crippen molar-refractivity contribution in [2.24, 2.45) is 0 Å². The molecule has 10 heteroatoms. The first kappa shape index (κ1) is 15.3. The minimum Gasteiger partial charge on any atom is -0.302 e. The van der Waals surface area contributed by atoms with Crippen molar-refractivity contribution < 1.29 is 9.72 Å². The molecule has 23 heavy (non-hydrogen) atoms. The van der Waals surface area contributed by atoms with Gasteiger partial charge in [-0.15, -0.1) is 22.7 Å². The van der Waals surface area contributed by atoms with Gasteiger partial charge in [0.05, 0.1) is 15.5 Å². The fourth-order valence-electron chi connectivity index (χ4n) is 1.84. The third-order valence-electron chi connectivity index (χ3n) is 2.92. The predicted molar refractivity (Wildman–Crippen MR) is 87.6 cm³/mol. The largest absolute Gasteiger partial charge is 0.306 e. The number of thiophene rings is 1. The normalized spacial score (nSPS) is 10.6. The number of rotatable bonds is 6. The van der Waals surface area contributed by atoms with Crippen molar-refractivity contribution in [3.63, 3.8) is 0 Å². The number of thiazole rings is 1. The highest BCUT2D eigenvalue weighted by molar-refractivity contribution is 7.16. The van der Waals surface area contributed by atoms with E-state index in [1.165, 1.54) is 22.2 Å². The monoisotopic (exact) mass is 349 g/mol. The highest BCUT2D eigenvalue weighted by atomic mass is 32.1. The second kappa shape index (κ2) is 6.67. The number of carbonyl (C=O) groups is 1. The third-order valence-corrected chi connectivity index (χ3v) is 4.57. The third kappa shape index (κ3) is 3.79. The maximum atomic E-state index is 11.9. The second-order valence-corrected chi connectivity index (χ2v) is 6.34. The summed E-state index contributed by atoms with van der Waals surface area (Å²) in [6.45, 7) is 0.267. The molecule has 0 bridgehead atoms. The Balaban J connectivity index is 1.54. The van der Waals surface area contributed by atoms with Crippen LogP contribution in [-0.4, -0.2) is 25.6 Å². The number of nitrogens with zero attached hydrogens (tertiary/aromatic N) is 4. The first-order chi connectivity index (χ1) is 11.1. The summed E-state index contributed by atoms with van der Waals surface area (Å²) in [6, 6.07) is 3.91. The van der Waals surface area contributed by atoms with Gasteiger partial charge in [0.25, 0.3) is 0 Å². The van der Waals surface area contributed by atoms with Gasteiger partial charge < -0.3 is 5.32 Å². The molecule has 3 rings (SSSR count). The first-order valence-corrected chi connectivity index (χ1v) is 8.34. The lowest BCUT2D eigenvalue weighted by Crippen LogP contribution is -2.14. The smallest absolute Gasteiger partial charge is 0.302 e. The lowest BCUT2D eigenvalue weighted by molar-refractivity contribution is -0.385. The van der Waals surface area contributed by atoms with Crippen LogP contribution in [0, 0.1) is 10.1 Å². The van der Waals surface area contributed by atoms with E-state index in [9.17, 15) is 14.9 Å². The Morgan fingerprint density at radius 2 is 2.30 bits per heavy atom. The van der Waals surface area contributed by atoms with Gasteiger partial charge >= 0.3 is 5.69 Å². The Hall–Kier alpha value is -2.59. The number of hydrogen-bond acceptors (Lipinski definition) is 7. The first-order valence-electron chi connectivity index (χ1n) is 6.58. The molecule has 0 aliphatic rings. The number of carbonyl (C=O) groups excluding carboxylic acids is 1. The molecular formula is C13H11N5O3S2. The van der Waals surface area contributed by atoms with Crippen LogP contribution in [-0.2, 0) is 11.3 Å². The van der Waals surface area contributed by atoms with Crippen LogP contribution in [0.5, 0.6) is 0 Å². The van der Waals surface area contributed by atoms with Gasteiger partial charge in [-0.05, 0) is 11.4 Å². The van der Waals surface area contributed by atoms with Crippen LogP contribution < -0.4 is 5.32 Å². The number of hydrogen-bond donors (Lipinski definition) is 1. The summed E-state index contributed by atoms with van der Waals surface area (Å²) in [7, 11) is 0. The van der Waals surface area contributed by atoms with Crippen LogP contribution in [0.2, 0.25) is 0 Å². The van der Waals surface area contributed by atoms with Crippen LogP contribution in [0.1, 0.15) is 6.42 Å². The van der Waals surface area contributed by atoms with Crippen molar-refractivity contribution in [3.8, 4) is 10.6 Å². The van der Waals surface area contributed by atoms with E-state index in [2.05, 4.69) is 15.4 Å². The highest BCUT2D eigenvalue weighted by Crippen LogP contribution is 2.28. The Bertz CT molecular complexity index is 824. The Morgan fingerprint density at radius 3 is 3.00 bits per heavy atom.